The number of fused-ring (bicyclic) bond motifs is 1. The number of methoxy groups -OCH3 is 3. The molecule has 0 N–H and O–H groups in total. The normalized spacial score (nSPS) is 20.8. The van der Waals surface area contributed by atoms with Crippen LogP contribution in [0.25, 0.3) is 11.2 Å². The maximum absolute atomic E-state index is 12.2. The molecule has 1 aliphatic rings. The fourth-order valence-corrected chi connectivity index (χ4v) is 4.17. The number of esters is 1. The maximum Gasteiger partial charge on any atom is 0.338 e. The van der Waals surface area contributed by atoms with E-state index in [1.54, 1.807) is 20.5 Å². The van der Waals surface area contributed by atoms with Crippen LogP contribution in [0.15, 0.2) is 30.6 Å². The van der Waals surface area contributed by atoms with Crippen molar-refractivity contribution in [3.63, 3.8) is 0 Å². The number of carbonyl (C=O) groups excluding carboxylic acids is 1. The highest BCUT2D eigenvalue weighted by molar-refractivity contribution is 5.79. The predicted octanol–water partition coefficient (Wildman–Crippen LogP) is 3.17. The number of hydrogen-bond acceptors (Lipinski definition) is 8. The Balaban J connectivity index is 1.56. The Morgan fingerprint density at radius 1 is 1.12 bits per heavy atom. The van der Waals surface area contributed by atoms with Crippen molar-refractivity contribution >= 4 is 17.1 Å². The van der Waals surface area contributed by atoms with E-state index in [0.717, 1.165) is 17.0 Å². The van der Waals surface area contributed by atoms with Crippen molar-refractivity contribution in [1.82, 2.24) is 19.5 Å². The van der Waals surface area contributed by atoms with E-state index in [1.807, 2.05) is 35.9 Å². The average molecular weight is 441 g/mol. The minimum Gasteiger partial charge on any atom is -0.497 e. The van der Waals surface area contributed by atoms with Crippen LogP contribution in [0.4, 0.5) is 0 Å². The molecule has 0 unspecified atom stereocenters. The predicted molar refractivity (Wildman–Crippen MR) is 117 cm³/mol. The van der Waals surface area contributed by atoms with E-state index in [1.165, 1.54) is 7.11 Å². The molecule has 1 aliphatic carbocycles. The van der Waals surface area contributed by atoms with Crippen molar-refractivity contribution in [3.05, 3.63) is 42.0 Å². The van der Waals surface area contributed by atoms with Crippen molar-refractivity contribution in [3.8, 4) is 11.6 Å². The van der Waals surface area contributed by atoms with Gasteiger partial charge in [-0.25, -0.2) is 14.8 Å². The quantitative estimate of drug-likeness (QED) is 0.517. The second-order valence-electron chi connectivity index (χ2n) is 8.02. The summed E-state index contributed by atoms with van der Waals surface area (Å²) in [6.45, 7) is 0.353. The molecule has 1 saturated carbocycles. The molecule has 170 valence electrons. The lowest BCUT2D eigenvalue weighted by Gasteiger charge is -2.36. The molecule has 0 radical (unpaired) electrons. The van der Waals surface area contributed by atoms with Crippen LogP contribution in [0.3, 0.4) is 0 Å². The van der Waals surface area contributed by atoms with E-state index >= 15 is 0 Å². The Bertz CT molecular complexity index is 1090. The Kier molecular flexibility index (Phi) is 6.27. The van der Waals surface area contributed by atoms with Crippen molar-refractivity contribution in [2.45, 2.75) is 43.8 Å². The van der Waals surface area contributed by atoms with Gasteiger partial charge < -0.3 is 23.5 Å². The number of aromatic nitrogens is 4. The first-order valence-corrected chi connectivity index (χ1v) is 10.6. The molecule has 9 heteroatoms. The number of hydrogen-bond donors (Lipinski definition) is 0. The zero-order valence-corrected chi connectivity index (χ0v) is 18.8. The molecule has 0 spiro atoms. The minimum absolute atomic E-state index is 0.0885. The highest BCUT2D eigenvalue weighted by atomic mass is 16.6. The van der Waals surface area contributed by atoms with Gasteiger partial charge in [0.25, 0.3) is 0 Å². The molecule has 2 heterocycles. The van der Waals surface area contributed by atoms with Crippen molar-refractivity contribution < 1.29 is 23.7 Å². The first kappa shape index (κ1) is 22.0. The fraction of sp³-hybridized carbons (Fsp3) is 0.478. The van der Waals surface area contributed by atoms with Crippen LogP contribution in [0.2, 0.25) is 0 Å². The van der Waals surface area contributed by atoms with Gasteiger partial charge in [-0.05, 0) is 43.4 Å². The van der Waals surface area contributed by atoms with Crippen LogP contribution in [0.1, 0.15) is 43.0 Å². The molecule has 3 aromatic rings. The number of imidazole rings is 1. The molecule has 4 rings (SSSR count). The standard InChI is InChI=1S/C23H28N4O5/c1-27-14-24-18-20(27)25-19(16-9-11-23(31-4,12-10-16)22(28)30-3)26-21(18)32-13-15-5-7-17(29-2)8-6-15/h5-8,14,16H,9-13H2,1-4H3. The van der Waals surface area contributed by atoms with E-state index in [4.69, 9.17) is 28.9 Å². The molecule has 2 aromatic heterocycles. The minimum atomic E-state index is -0.893. The zero-order valence-electron chi connectivity index (χ0n) is 18.8. The van der Waals surface area contributed by atoms with Crippen molar-refractivity contribution in [1.29, 1.82) is 0 Å². The van der Waals surface area contributed by atoms with Gasteiger partial charge in [-0.1, -0.05) is 12.1 Å². The lowest BCUT2D eigenvalue weighted by molar-refractivity contribution is -0.170. The molecule has 32 heavy (non-hydrogen) atoms. The molecule has 9 nitrogen and oxygen atoms in total. The first-order chi connectivity index (χ1) is 15.5. The summed E-state index contributed by atoms with van der Waals surface area (Å²) >= 11 is 0. The second-order valence-corrected chi connectivity index (χ2v) is 8.02. The van der Waals surface area contributed by atoms with Gasteiger partial charge in [-0.3, -0.25) is 0 Å². The monoisotopic (exact) mass is 440 g/mol. The van der Waals surface area contributed by atoms with E-state index < -0.39 is 5.60 Å². The molecule has 0 saturated heterocycles. The number of ether oxygens (including phenoxy) is 4. The molecular formula is C23H28N4O5. The van der Waals surface area contributed by atoms with E-state index in [2.05, 4.69) is 4.98 Å². The molecule has 1 aromatic carbocycles. The van der Waals surface area contributed by atoms with Crippen LogP contribution >= 0.6 is 0 Å². The largest absolute Gasteiger partial charge is 0.497 e. The van der Waals surface area contributed by atoms with E-state index in [9.17, 15) is 4.79 Å². The van der Waals surface area contributed by atoms with Gasteiger partial charge in [-0.2, -0.15) is 4.98 Å². The Hall–Kier alpha value is -3.20. The molecular weight excluding hydrogens is 412 g/mol. The summed E-state index contributed by atoms with van der Waals surface area (Å²) in [7, 11) is 6.48. The summed E-state index contributed by atoms with van der Waals surface area (Å²) < 4.78 is 23.7. The van der Waals surface area contributed by atoms with Crippen molar-refractivity contribution in [2.75, 3.05) is 21.3 Å². The topological polar surface area (TPSA) is 97.6 Å². The third-order valence-electron chi connectivity index (χ3n) is 6.19. The maximum atomic E-state index is 12.2. The van der Waals surface area contributed by atoms with Gasteiger partial charge in [-0.15, -0.1) is 0 Å². The molecule has 1 fully saturated rings. The third-order valence-corrected chi connectivity index (χ3v) is 6.19. The smallest absolute Gasteiger partial charge is 0.338 e. The number of carbonyl (C=O) groups is 1. The fourth-order valence-electron chi connectivity index (χ4n) is 4.17. The first-order valence-electron chi connectivity index (χ1n) is 10.6. The number of rotatable bonds is 7. The highest BCUT2D eigenvalue weighted by Crippen LogP contribution is 2.40. The van der Waals surface area contributed by atoms with Crippen LogP contribution in [-0.2, 0) is 27.9 Å². The summed E-state index contributed by atoms with van der Waals surface area (Å²) in [6.07, 6.45) is 4.23. The van der Waals surface area contributed by atoms with Gasteiger partial charge in [0.1, 0.15) is 18.2 Å². The summed E-state index contributed by atoms with van der Waals surface area (Å²) in [6, 6.07) is 7.70. The van der Waals surface area contributed by atoms with Gasteiger partial charge in [0.05, 0.1) is 20.5 Å². The molecule has 0 bridgehead atoms. The van der Waals surface area contributed by atoms with E-state index in [-0.39, 0.29) is 11.9 Å². The van der Waals surface area contributed by atoms with Crippen LogP contribution in [0, 0.1) is 0 Å². The van der Waals surface area contributed by atoms with Crippen LogP contribution in [0.5, 0.6) is 11.6 Å². The van der Waals surface area contributed by atoms with E-state index in [0.29, 0.717) is 49.5 Å². The zero-order chi connectivity index (χ0) is 22.7. The summed E-state index contributed by atoms with van der Waals surface area (Å²) in [5.74, 6) is 1.70. The third kappa shape index (κ3) is 4.12. The number of nitrogens with zero attached hydrogens (tertiary/aromatic N) is 4. The second kappa shape index (κ2) is 9.12. The molecule has 0 aliphatic heterocycles. The van der Waals surface area contributed by atoms with Gasteiger partial charge in [0.15, 0.2) is 16.8 Å². The Labute approximate surface area is 186 Å². The highest BCUT2D eigenvalue weighted by Gasteiger charge is 2.44. The SMILES string of the molecule is COC(=O)C1(OC)CCC(c2nc(OCc3ccc(OC)cc3)c3ncn(C)c3n2)CC1. The Morgan fingerprint density at radius 3 is 2.47 bits per heavy atom. The van der Waals surface area contributed by atoms with Gasteiger partial charge in [0.2, 0.25) is 5.88 Å². The summed E-state index contributed by atoms with van der Waals surface area (Å²) in [4.78, 5) is 26.2. The number of benzene rings is 1. The molecule has 0 atom stereocenters. The average Bonchev–Trinajstić information content (AvgIpc) is 3.23. The van der Waals surface area contributed by atoms with Crippen LogP contribution in [-0.4, -0.2) is 52.4 Å². The molecule has 0 amide bonds. The van der Waals surface area contributed by atoms with Crippen molar-refractivity contribution in [2.24, 2.45) is 7.05 Å². The van der Waals surface area contributed by atoms with Gasteiger partial charge >= 0.3 is 5.97 Å². The lowest BCUT2D eigenvalue weighted by atomic mass is 9.78. The lowest BCUT2D eigenvalue weighted by Crippen LogP contribution is -2.44. The van der Waals surface area contributed by atoms with Crippen LogP contribution < -0.4 is 9.47 Å². The summed E-state index contributed by atoms with van der Waals surface area (Å²) in [5, 5.41) is 0. The summed E-state index contributed by atoms with van der Waals surface area (Å²) in [5.41, 5.74) is 1.45. The van der Waals surface area contributed by atoms with Gasteiger partial charge in [0, 0.05) is 20.1 Å². The number of aryl methyl sites for hydroxylation is 1. The Morgan fingerprint density at radius 2 is 1.84 bits per heavy atom.